The van der Waals surface area contributed by atoms with Crippen molar-refractivity contribution >= 4 is 0 Å². The summed E-state index contributed by atoms with van der Waals surface area (Å²) >= 11 is 0. The summed E-state index contributed by atoms with van der Waals surface area (Å²) in [5.41, 5.74) is 0.272. The lowest BCUT2D eigenvalue weighted by Crippen LogP contribution is -2.17. The number of hydrogen-bond donors (Lipinski definition) is 0. The molecule has 2 rings (SSSR count). The highest BCUT2D eigenvalue weighted by Crippen LogP contribution is 2.29. The van der Waals surface area contributed by atoms with Crippen LogP contribution in [0.5, 0.6) is 11.6 Å². The Morgan fingerprint density at radius 2 is 2.00 bits per heavy atom. The molecule has 0 atom stereocenters. The van der Waals surface area contributed by atoms with E-state index in [1.807, 2.05) is 12.1 Å². The number of hydrogen-bond acceptors (Lipinski definition) is 5. The number of ether oxygens (including phenoxy) is 2. The van der Waals surface area contributed by atoms with Crippen molar-refractivity contribution in [2.45, 2.75) is 0 Å². The Morgan fingerprint density at radius 3 is 2.71 bits per heavy atom. The Labute approximate surface area is 80.1 Å². The summed E-state index contributed by atoms with van der Waals surface area (Å²) in [6.07, 6.45) is 0. The second kappa shape index (κ2) is 3.23. The van der Waals surface area contributed by atoms with Crippen LogP contribution in [0, 0.1) is 22.7 Å². The maximum atomic E-state index is 8.71. The fourth-order valence-corrected chi connectivity index (χ4v) is 1.15. The average molecular weight is 187 g/mol. The van der Waals surface area contributed by atoms with Crippen LogP contribution < -0.4 is 9.47 Å². The van der Waals surface area contributed by atoms with Crippen molar-refractivity contribution in [3.63, 3.8) is 0 Å². The molecule has 1 aromatic heterocycles. The summed E-state index contributed by atoms with van der Waals surface area (Å²) in [6, 6.07) is 5.18. The summed E-state index contributed by atoms with van der Waals surface area (Å²) in [5.74, 6) is 0.707. The molecule has 2 heterocycles. The van der Waals surface area contributed by atoms with E-state index in [1.165, 1.54) is 6.07 Å². The van der Waals surface area contributed by atoms with Gasteiger partial charge in [-0.05, 0) is 0 Å². The lowest BCUT2D eigenvalue weighted by atomic mass is 10.2. The van der Waals surface area contributed by atoms with Crippen LogP contribution in [0.3, 0.4) is 0 Å². The molecule has 5 nitrogen and oxygen atoms in total. The van der Waals surface area contributed by atoms with Crippen LogP contribution in [0.15, 0.2) is 6.07 Å². The molecule has 0 radical (unpaired) electrons. The van der Waals surface area contributed by atoms with Gasteiger partial charge in [0.25, 0.3) is 5.88 Å². The predicted octanol–water partition coefficient (Wildman–Crippen LogP) is 0.596. The molecule has 1 aromatic rings. The molecule has 5 heteroatoms. The van der Waals surface area contributed by atoms with Gasteiger partial charge in [-0.1, -0.05) is 0 Å². The van der Waals surface area contributed by atoms with Gasteiger partial charge in [0, 0.05) is 6.07 Å². The molecule has 1 aliphatic heterocycles. The van der Waals surface area contributed by atoms with Crippen molar-refractivity contribution < 1.29 is 9.47 Å². The molecule has 1 aliphatic rings. The Bertz CT molecular complexity index is 413. The smallest absolute Gasteiger partial charge is 0.258 e. The number of rotatable bonds is 0. The highest BCUT2D eigenvalue weighted by Gasteiger charge is 2.17. The summed E-state index contributed by atoms with van der Waals surface area (Å²) in [4.78, 5) is 3.87. The van der Waals surface area contributed by atoms with Crippen molar-refractivity contribution in [1.29, 1.82) is 10.5 Å². The molecule has 14 heavy (non-hydrogen) atoms. The number of fused-ring (bicyclic) bond motifs is 1. The van der Waals surface area contributed by atoms with Crippen LogP contribution in [0.4, 0.5) is 0 Å². The fraction of sp³-hybridized carbons (Fsp3) is 0.222. The largest absolute Gasteiger partial charge is 0.484 e. The first-order valence-corrected chi connectivity index (χ1v) is 3.96. The third-order valence-electron chi connectivity index (χ3n) is 1.76. The standard InChI is InChI=1S/C9H5N3O2/c10-4-6-3-8-9(12-7(6)5-11)14-2-1-13-8/h3H,1-2H2. The van der Waals surface area contributed by atoms with Gasteiger partial charge in [0.15, 0.2) is 11.4 Å². The zero-order valence-electron chi connectivity index (χ0n) is 7.15. The van der Waals surface area contributed by atoms with E-state index in [0.29, 0.717) is 19.0 Å². The number of pyridine rings is 1. The van der Waals surface area contributed by atoms with Gasteiger partial charge >= 0.3 is 0 Å². The van der Waals surface area contributed by atoms with Gasteiger partial charge in [-0.25, -0.2) is 0 Å². The quantitative estimate of drug-likeness (QED) is 0.594. The molecule has 0 N–H and O–H groups in total. The molecule has 0 amide bonds. The van der Waals surface area contributed by atoms with Gasteiger partial charge in [0.05, 0.1) is 5.56 Å². The first kappa shape index (κ1) is 8.33. The average Bonchev–Trinajstić information content (AvgIpc) is 2.27. The number of nitrogens with zero attached hydrogens (tertiary/aromatic N) is 3. The Morgan fingerprint density at radius 1 is 1.21 bits per heavy atom. The minimum atomic E-state index is 0.0664. The van der Waals surface area contributed by atoms with Gasteiger partial charge in [-0.3, -0.25) is 0 Å². The van der Waals surface area contributed by atoms with E-state index in [2.05, 4.69) is 4.98 Å². The highest BCUT2D eigenvalue weighted by atomic mass is 16.6. The topological polar surface area (TPSA) is 78.9 Å². The highest BCUT2D eigenvalue weighted by molar-refractivity contribution is 5.49. The minimum Gasteiger partial charge on any atom is -0.484 e. The Hall–Kier alpha value is -2.27. The lowest BCUT2D eigenvalue weighted by molar-refractivity contribution is 0.164. The van der Waals surface area contributed by atoms with Gasteiger partial charge < -0.3 is 9.47 Å². The molecule has 0 saturated heterocycles. The lowest BCUT2D eigenvalue weighted by Gasteiger charge is -2.17. The maximum absolute atomic E-state index is 8.71. The zero-order valence-corrected chi connectivity index (χ0v) is 7.15. The molecule has 0 aliphatic carbocycles. The van der Waals surface area contributed by atoms with Crippen LogP contribution in [0.2, 0.25) is 0 Å². The van der Waals surface area contributed by atoms with Crippen molar-refractivity contribution in [1.82, 2.24) is 4.98 Å². The van der Waals surface area contributed by atoms with E-state index in [4.69, 9.17) is 20.0 Å². The van der Waals surface area contributed by atoms with Crippen LogP contribution in [0.25, 0.3) is 0 Å². The van der Waals surface area contributed by atoms with Gasteiger partial charge in [0.1, 0.15) is 25.4 Å². The molecule has 0 unspecified atom stereocenters. The predicted molar refractivity (Wildman–Crippen MR) is 44.7 cm³/mol. The molecule has 0 saturated carbocycles. The monoisotopic (exact) mass is 187 g/mol. The second-order valence-corrected chi connectivity index (χ2v) is 2.61. The first-order valence-electron chi connectivity index (χ1n) is 3.96. The summed E-state index contributed by atoms with van der Waals surface area (Å²) in [6.45, 7) is 0.849. The van der Waals surface area contributed by atoms with Crippen molar-refractivity contribution in [2.24, 2.45) is 0 Å². The Balaban J connectivity index is 2.57. The molecule has 0 aromatic carbocycles. The normalized spacial score (nSPS) is 12.7. The van der Waals surface area contributed by atoms with Crippen molar-refractivity contribution in [3.05, 3.63) is 17.3 Å². The maximum Gasteiger partial charge on any atom is 0.258 e. The minimum absolute atomic E-state index is 0.0664. The first-order chi connectivity index (χ1) is 6.85. The Kier molecular flexibility index (Phi) is 1.92. The molecule has 68 valence electrons. The van der Waals surface area contributed by atoms with Crippen molar-refractivity contribution in [3.8, 4) is 23.8 Å². The van der Waals surface area contributed by atoms with E-state index in [-0.39, 0.29) is 17.1 Å². The van der Waals surface area contributed by atoms with Gasteiger partial charge in [-0.15, -0.1) is 0 Å². The van der Waals surface area contributed by atoms with E-state index < -0.39 is 0 Å². The second-order valence-electron chi connectivity index (χ2n) is 2.61. The van der Waals surface area contributed by atoms with Crippen LogP contribution in [-0.4, -0.2) is 18.2 Å². The summed E-state index contributed by atoms with van der Waals surface area (Å²) in [7, 11) is 0. The molecule has 0 spiro atoms. The van der Waals surface area contributed by atoms with Crippen molar-refractivity contribution in [2.75, 3.05) is 13.2 Å². The zero-order chi connectivity index (χ0) is 9.97. The molecular weight excluding hydrogens is 182 g/mol. The molecular formula is C9H5N3O2. The summed E-state index contributed by atoms with van der Waals surface area (Å²) < 4.78 is 10.4. The van der Waals surface area contributed by atoms with Crippen LogP contribution in [0.1, 0.15) is 11.3 Å². The summed E-state index contributed by atoms with van der Waals surface area (Å²) in [5, 5.41) is 17.4. The third kappa shape index (κ3) is 1.21. The molecule has 0 bridgehead atoms. The van der Waals surface area contributed by atoms with Gasteiger partial charge in [0.2, 0.25) is 0 Å². The van der Waals surface area contributed by atoms with E-state index in [9.17, 15) is 0 Å². The van der Waals surface area contributed by atoms with Crippen LogP contribution in [-0.2, 0) is 0 Å². The van der Waals surface area contributed by atoms with E-state index in [0.717, 1.165) is 0 Å². The van der Waals surface area contributed by atoms with E-state index in [1.54, 1.807) is 0 Å². The number of aromatic nitrogens is 1. The fourth-order valence-electron chi connectivity index (χ4n) is 1.15. The van der Waals surface area contributed by atoms with Gasteiger partial charge in [-0.2, -0.15) is 15.5 Å². The third-order valence-corrected chi connectivity index (χ3v) is 1.76. The van der Waals surface area contributed by atoms with Crippen LogP contribution >= 0.6 is 0 Å². The van der Waals surface area contributed by atoms with E-state index >= 15 is 0 Å². The SMILES string of the molecule is N#Cc1cc2c(nc1C#N)OCCO2. The molecule has 0 fully saturated rings. The number of nitriles is 2.